The molecule has 150 valence electrons. The molecule has 0 saturated heterocycles. The summed E-state index contributed by atoms with van der Waals surface area (Å²) in [5.74, 6) is 0.484. The quantitative estimate of drug-likeness (QED) is 0.483. The summed E-state index contributed by atoms with van der Waals surface area (Å²) in [7, 11) is 3.00. The maximum absolute atomic E-state index is 12.7. The topological polar surface area (TPSA) is 72.0 Å². The summed E-state index contributed by atoms with van der Waals surface area (Å²) < 4.78 is 49.1. The smallest absolute Gasteiger partial charge is 0.416 e. The lowest BCUT2D eigenvalue weighted by Crippen LogP contribution is -2.26. The third-order valence-electron chi connectivity index (χ3n) is 3.50. The molecule has 2 rings (SSSR count). The molecule has 0 aliphatic rings. The third kappa shape index (κ3) is 5.88. The van der Waals surface area contributed by atoms with Gasteiger partial charge in [-0.1, -0.05) is 6.07 Å². The number of hydrogen-bond donors (Lipinski definition) is 2. The van der Waals surface area contributed by atoms with E-state index in [1.807, 2.05) is 0 Å². The van der Waals surface area contributed by atoms with Crippen molar-refractivity contribution in [1.29, 1.82) is 0 Å². The summed E-state index contributed by atoms with van der Waals surface area (Å²) in [4.78, 5) is 11.8. The Bertz CT molecular complexity index is 873. The van der Waals surface area contributed by atoms with Gasteiger partial charge in [0.1, 0.15) is 0 Å². The highest BCUT2D eigenvalue weighted by atomic mass is 79.9. The lowest BCUT2D eigenvalue weighted by atomic mass is 10.2. The number of anilines is 1. The third-order valence-corrected chi connectivity index (χ3v) is 4.09. The zero-order chi connectivity index (χ0) is 20.7. The molecule has 0 bridgehead atoms. The van der Waals surface area contributed by atoms with Gasteiger partial charge in [0.15, 0.2) is 11.5 Å². The van der Waals surface area contributed by atoms with Gasteiger partial charge in [0, 0.05) is 5.69 Å². The first-order chi connectivity index (χ1) is 13.2. The summed E-state index contributed by atoms with van der Waals surface area (Å²) in [5, 5.41) is 6.44. The minimum Gasteiger partial charge on any atom is -0.493 e. The molecule has 0 saturated carbocycles. The Labute approximate surface area is 167 Å². The van der Waals surface area contributed by atoms with Gasteiger partial charge in [-0.2, -0.15) is 18.3 Å². The van der Waals surface area contributed by atoms with Crippen molar-refractivity contribution in [3.63, 3.8) is 0 Å². The van der Waals surface area contributed by atoms with Crippen molar-refractivity contribution in [2.45, 2.75) is 6.18 Å². The van der Waals surface area contributed by atoms with Crippen molar-refractivity contribution in [1.82, 2.24) is 5.43 Å². The first kappa shape index (κ1) is 21.5. The lowest BCUT2D eigenvalue weighted by Gasteiger charge is -2.10. The average Bonchev–Trinajstić information content (AvgIpc) is 2.65. The van der Waals surface area contributed by atoms with Crippen LogP contribution in [0, 0.1) is 0 Å². The number of alkyl halides is 3. The number of carbonyl (C=O) groups is 1. The van der Waals surface area contributed by atoms with Crippen LogP contribution in [0.2, 0.25) is 0 Å². The molecule has 2 N–H and O–H groups in total. The first-order valence-corrected chi connectivity index (χ1v) is 8.68. The van der Waals surface area contributed by atoms with E-state index < -0.39 is 17.6 Å². The van der Waals surface area contributed by atoms with Gasteiger partial charge in [-0.25, -0.2) is 5.43 Å². The monoisotopic (exact) mass is 459 g/mol. The fourth-order valence-electron chi connectivity index (χ4n) is 2.22. The summed E-state index contributed by atoms with van der Waals surface area (Å²) in [6.45, 7) is -0.242. The number of rotatable bonds is 7. The number of methoxy groups -OCH3 is 2. The van der Waals surface area contributed by atoms with Gasteiger partial charge in [-0.15, -0.1) is 0 Å². The van der Waals surface area contributed by atoms with Gasteiger partial charge in [-0.05, 0) is 51.8 Å². The minimum absolute atomic E-state index is 0.178. The Kier molecular flexibility index (Phi) is 7.27. The molecule has 0 heterocycles. The SMILES string of the molecule is COc1cc(/C=N\NC(=O)CNc2cccc(C(F)(F)F)c2)cc(Br)c1OC. The summed E-state index contributed by atoms with van der Waals surface area (Å²) in [6.07, 6.45) is -3.05. The van der Waals surface area contributed by atoms with Gasteiger partial charge in [-0.3, -0.25) is 4.79 Å². The van der Waals surface area contributed by atoms with Crippen molar-refractivity contribution in [3.8, 4) is 11.5 Å². The van der Waals surface area contributed by atoms with E-state index in [9.17, 15) is 18.0 Å². The average molecular weight is 460 g/mol. The minimum atomic E-state index is -4.45. The molecular weight excluding hydrogens is 443 g/mol. The summed E-state index contributed by atoms with van der Waals surface area (Å²) in [5.41, 5.74) is 2.31. The Morgan fingerprint density at radius 3 is 2.61 bits per heavy atom. The second kappa shape index (κ2) is 9.45. The van der Waals surface area contributed by atoms with Crippen LogP contribution in [0.3, 0.4) is 0 Å². The number of hydrazone groups is 1. The molecule has 0 fully saturated rings. The number of ether oxygens (including phenoxy) is 2. The van der Waals surface area contributed by atoms with Crippen LogP contribution in [0.25, 0.3) is 0 Å². The van der Waals surface area contributed by atoms with Gasteiger partial charge in [0.05, 0.1) is 37.0 Å². The molecule has 2 aromatic carbocycles. The number of amides is 1. The van der Waals surface area contributed by atoms with E-state index in [1.54, 1.807) is 12.1 Å². The molecule has 6 nitrogen and oxygen atoms in total. The lowest BCUT2D eigenvalue weighted by molar-refractivity contribution is -0.137. The van der Waals surface area contributed by atoms with Crippen molar-refractivity contribution in [3.05, 3.63) is 52.0 Å². The van der Waals surface area contributed by atoms with Crippen molar-refractivity contribution in [2.24, 2.45) is 5.10 Å². The maximum atomic E-state index is 12.7. The normalized spacial score (nSPS) is 11.4. The number of hydrogen-bond acceptors (Lipinski definition) is 5. The van der Waals surface area contributed by atoms with Crippen LogP contribution in [0.4, 0.5) is 18.9 Å². The molecule has 0 unspecified atom stereocenters. The number of halogens is 4. The number of nitrogens with one attached hydrogen (secondary N) is 2. The molecule has 1 amide bonds. The van der Waals surface area contributed by atoms with Crippen LogP contribution < -0.4 is 20.2 Å². The van der Waals surface area contributed by atoms with E-state index in [-0.39, 0.29) is 12.2 Å². The van der Waals surface area contributed by atoms with Crippen LogP contribution in [0.1, 0.15) is 11.1 Å². The summed E-state index contributed by atoms with van der Waals surface area (Å²) >= 11 is 3.35. The van der Waals surface area contributed by atoms with Crippen LogP contribution in [-0.2, 0) is 11.0 Å². The molecular formula is C18H17BrF3N3O3. The predicted molar refractivity (Wildman–Crippen MR) is 103 cm³/mol. The van der Waals surface area contributed by atoms with Crippen molar-refractivity contribution in [2.75, 3.05) is 26.1 Å². The van der Waals surface area contributed by atoms with Gasteiger partial charge < -0.3 is 14.8 Å². The standard InChI is InChI=1S/C18H17BrF3N3O3/c1-27-15-7-11(6-14(19)17(15)28-2)9-24-25-16(26)10-23-13-5-3-4-12(8-13)18(20,21)22/h3-9,23H,10H2,1-2H3,(H,25,26)/b24-9-. The van der Waals surface area contributed by atoms with Crippen LogP contribution in [-0.4, -0.2) is 32.9 Å². The molecule has 0 aliphatic carbocycles. The van der Waals surface area contributed by atoms with Crippen LogP contribution in [0.15, 0.2) is 46.0 Å². The van der Waals surface area contributed by atoms with Crippen molar-refractivity contribution < 1.29 is 27.4 Å². The van der Waals surface area contributed by atoms with E-state index in [4.69, 9.17) is 9.47 Å². The maximum Gasteiger partial charge on any atom is 0.416 e. The molecule has 10 heteroatoms. The van der Waals surface area contributed by atoms with E-state index >= 15 is 0 Å². The molecule has 0 radical (unpaired) electrons. The molecule has 0 spiro atoms. The molecule has 28 heavy (non-hydrogen) atoms. The molecule has 2 aromatic rings. The highest BCUT2D eigenvalue weighted by Crippen LogP contribution is 2.35. The number of benzene rings is 2. The number of nitrogens with zero attached hydrogens (tertiary/aromatic N) is 1. The Hall–Kier alpha value is -2.75. The zero-order valence-corrected chi connectivity index (χ0v) is 16.5. The largest absolute Gasteiger partial charge is 0.493 e. The Morgan fingerprint density at radius 1 is 1.21 bits per heavy atom. The van der Waals surface area contributed by atoms with Crippen molar-refractivity contribution >= 4 is 33.7 Å². The fraction of sp³-hybridized carbons (Fsp3) is 0.222. The highest BCUT2D eigenvalue weighted by molar-refractivity contribution is 9.10. The van der Waals surface area contributed by atoms with E-state index in [2.05, 4.69) is 31.8 Å². The van der Waals surface area contributed by atoms with Gasteiger partial charge in [0.2, 0.25) is 0 Å². The zero-order valence-electron chi connectivity index (χ0n) is 14.9. The van der Waals surface area contributed by atoms with E-state index in [0.29, 0.717) is 21.5 Å². The first-order valence-electron chi connectivity index (χ1n) is 7.89. The Balaban J connectivity index is 1.93. The second-order valence-electron chi connectivity index (χ2n) is 5.46. The molecule has 0 aromatic heterocycles. The fourth-order valence-corrected chi connectivity index (χ4v) is 2.84. The van der Waals surface area contributed by atoms with Gasteiger partial charge >= 0.3 is 6.18 Å². The molecule has 0 aliphatic heterocycles. The van der Waals surface area contributed by atoms with Gasteiger partial charge in [0.25, 0.3) is 5.91 Å². The molecule has 0 atom stereocenters. The highest BCUT2D eigenvalue weighted by Gasteiger charge is 2.30. The number of carbonyl (C=O) groups excluding carboxylic acids is 1. The summed E-state index contributed by atoms with van der Waals surface area (Å²) in [6, 6.07) is 7.97. The van der Waals surface area contributed by atoms with Crippen LogP contribution >= 0.6 is 15.9 Å². The van der Waals surface area contributed by atoms with E-state index in [0.717, 1.165) is 12.1 Å². The Morgan fingerprint density at radius 2 is 1.96 bits per heavy atom. The van der Waals surface area contributed by atoms with Crippen LogP contribution in [0.5, 0.6) is 11.5 Å². The van der Waals surface area contributed by atoms with E-state index in [1.165, 1.54) is 32.6 Å². The second-order valence-corrected chi connectivity index (χ2v) is 6.32. The predicted octanol–water partition coefficient (Wildman–Crippen LogP) is 4.05.